The topological polar surface area (TPSA) is 58.9 Å². The Hall–Kier alpha value is -3.41. The minimum absolute atomic E-state index is 0.0385. The second-order valence-electron chi connectivity index (χ2n) is 6.69. The summed E-state index contributed by atoms with van der Waals surface area (Å²) in [6.07, 6.45) is 0. The summed E-state index contributed by atoms with van der Waals surface area (Å²) in [6, 6.07) is 11.7. The first-order chi connectivity index (χ1) is 13.2. The van der Waals surface area contributed by atoms with Crippen molar-refractivity contribution in [2.75, 3.05) is 13.6 Å². The molecule has 0 fully saturated rings. The number of hydrogen-bond donors (Lipinski definition) is 0. The summed E-state index contributed by atoms with van der Waals surface area (Å²) in [5.74, 6) is 2.72. The van der Waals surface area contributed by atoms with Crippen LogP contribution in [-0.4, -0.2) is 18.2 Å². The van der Waals surface area contributed by atoms with Crippen LogP contribution in [0.25, 0.3) is 32.4 Å². The van der Waals surface area contributed by atoms with Crippen molar-refractivity contribution in [1.29, 1.82) is 0 Å². The van der Waals surface area contributed by atoms with Gasteiger partial charge in [-0.25, -0.2) is 0 Å². The third kappa shape index (κ3) is 1.87. The summed E-state index contributed by atoms with van der Waals surface area (Å²) in [6.45, 7) is 2.94. The molecule has 0 radical (unpaired) electrons. The maximum Gasteiger partial charge on any atom is 0.259 e. The van der Waals surface area contributed by atoms with E-state index in [4.69, 9.17) is 18.9 Å². The molecule has 134 valence electrons. The molecule has 6 rings (SSSR count). The number of benzene rings is 3. The van der Waals surface area contributed by atoms with Crippen LogP contribution in [0.15, 0.2) is 41.2 Å². The Morgan fingerprint density at radius 1 is 0.778 bits per heavy atom. The van der Waals surface area contributed by atoms with E-state index in [0.29, 0.717) is 29.2 Å². The van der Waals surface area contributed by atoms with Crippen molar-refractivity contribution in [3.63, 3.8) is 0 Å². The third-order valence-corrected chi connectivity index (χ3v) is 5.35. The molecule has 1 aromatic heterocycles. The van der Waals surface area contributed by atoms with Crippen molar-refractivity contribution in [3.05, 3.63) is 46.8 Å². The maximum atomic E-state index is 13.3. The van der Waals surface area contributed by atoms with Crippen LogP contribution < -0.4 is 24.5 Å². The van der Waals surface area contributed by atoms with Crippen LogP contribution in [0.3, 0.4) is 0 Å². The lowest BCUT2D eigenvalue weighted by Crippen LogP contribution is -2.20. The Kier molecular flexibility index (Phi) is 2.76. The molecule has 6 heteroatoms. The van der Waals surface area contributed by atoms with E-state index in [9.17, 15) is 4.79 Å². The van der Waals surface area contributed by atoms with Crippen LogP contribution in [0.4, 0.5) is 0 Å². The van der Waals surface area contributed by atoms with Crippen molar-refractivity contribution in [1.82, 2.24) is 4.57 Å². The smallest absolute Gasteiger partial charge is 0.259 e. The van der Waals surface area contributed by atoms with Gasteiger partial charge >= 0.3 is 0 Å². The van der Waals surface area contributed by atoms with Gasteiger partial charge in [0.15, 0.2) is 23.0 Å². The summed E-state index contributed by atoms with van der Waals surface area (Å²) in [5, 5.41) is 4.47. The highest BCUT2D eigenvalue weighted by Crippen LogP contribution is 2.41. The number of rotatable bonds is 1. The first-order valence-corrected chi connectivity index (χ1v) is 8.87. The standard InChI is InChI=1S/C21H15NO5/c1-2-22-20-12(4-3-11-5-16-17(6-13(11)20)25-9-24-16)14-7-18-19(27-10-26-18)8-15(14)21(22)23/h3-8H,2,9-10H2,1H3. The Labute approximate surface area is 153 Å². The van der Waals surface area contributed by atoms with Gasteiger partial charge in [0, 0.05) is 22.7 Å². The van der Waals surface area contributed by atoms with Gasteiger partial charge in [-0.3, -0.25) is 4.79 Å². The Morgan fingerprint density at radius 3 is 2.04 bits per heavy atom. The van der Waals surface area contributed by atoms with Crippen molar-refractivity contribution in [3.8, 4) is 23.0 Å². The monoisotopic (exact) mass is 361 g/mol. The van der Waals surface area contributed by atoms with Crippen molar-refractivity contribution >= 4 is 32.4 Å². The molecule has 0 aliphatic carbocycles. The van der Waals surface area contributed by atoms with Gasteiger partial charge in [0.1, 0.15) is 0 Å². The molecule has 27 heavy (non-hydrogen) atoms. The predicted molar refractivity (Wildman–Crippen MR) is 101 cm³/mol. The van der Waals surface area contributed by atoms with E-state index >= 15 is 0 Å². The molecule has 2 aliphatic rings. The van der Waals surface area contributed by atoms with Gasteiger partial charge < -0.3 is 23.5 Å². The lowest BCUT2D eigenvalue weighted by molar-refractivity contribution is 0.173. The molecule has 0 unspecified atom stereocenters. The molecule has 0 bridgehead atoms. The predicted octanol–water partition coefficient (Wildman–Crippen LogP) is 3.79. The molecule has 3 aromatic carbocycles. The average Bonchev–Trinajstić information content (AvgIpc) is 3.33. The van der Waals surface area contributed by atoms with Gasteiger partial charge in [-0.05, 0) is 36.6 Å². The molecule has 0 N–H and O–H groups in total. The number of aromatic nitrogens is 1. The number of pyridine rings is 1. The molecule has 3 heterocycles. The van der Waals surface area contributed by atoms with Crippen LogP contribution in [0.5, 0.6) is 23.0 Å². The zero-order valence-corrected chi connectivity index (χ0v) is 14.6. The van der Waals surface area contributed by atoms with E-state index in [1.807, 2.05) is 35.8 Å². The molecule has 0 saturated carbocycles. The first kappa shape index (κ1) is 14.7. The van der Waals surface area contributed by atoms with Crippen molar-refractivity contribution < 1.29 is 18.9 Å². The van der Waals surface area contributed by atoms with Gasteiger partial charge in [0.2, 0.25) is 13.6 Å². The van der Waals surface area contributed by atoms with E-state index in [0.717, 1.165) is 32.8 Å². The lowest BCUT2D eigenvalue weighted by Gasteiger charge is -2.15. The highest BCUT2D eigenvalue weighted by Gasteiger charge is 2.21. The van der Waals surface area contributed by atoms with Crippen LogP contribution in [0, 0.1) is 0 Å². The van der Waals surface area contributed by atoms with Crippen molar-refractivity contribution in [2.24, 2.45) is 0 Å². The summed E-state index contributed by atoms with van der Waals surface area (Å²) >= 11 is 0. The zero-order valence-electron chi connectivity index (χ0n) is 14.6. The molecule has 4 aromatic rings. The van der Waals surface area contributed by atoms with Gasteiger partial charge in [-0.1, -0.05) is 12.1 Å². The van der Waals surface area contributed by atoms with Gasteiger partial charge in [-0.2, -0.15) is 0 Å². The molecule has 2 aliphatic heterocycles. The number of ether oxygens (including phenoxy) is 4. The van der Waals surface area contributed by atoms with E-state index in [1.165, 1.54) is 0 Å². The molecular formula is C21H15NO5. The van der Waals surface area contributed by atoms with Crippen LogP contribution in [0.1, 0.15) is 6.92 Å². The summed E-state index contributed by atoms with van der Waals surface area (Å²) in [5.41, 5.74) is 0.855. The fraction of sp³-hybridized carbons (Fsp3) is 0.190. The minimum Gasteiger partial charge on any atom is -0.454 e. The molecule has 0 amide bonds. The van der Waals surface area contributed by atoms with E-state index in [1.54, 1.807) is 6.07 Å². The zero-order chi connectivity index (χ0) is 18.1. The molecule has 0 spiro atoms. The SMILES string of the molecule is CCn1c(=O)c2cc3c(cc2c2ccc4cc5c(cc4c21)OCO5)OCO3. The molecule has 0 saturated heterocycles. The largest absolute Gasteiger partial charge is 0.454 e. The van der Waals surface area contributed by atoms with E-state index in [2.05, 4.69) is 6.07 Å². The second-order valence-corrected chi connectivity index (χ2v) is 6.69. The first-order valence-electron chi connectivity index (χ1n) is 8.87. The quantitative estimate of drug-likeness (QED) is 0.483. The number of hydrogen-bond acceptors (Lipinski definition) is 5. The fourth-order valence-electron chi connectivity index (χ4n) is 4.10. The van der Waals surface area contributed by atoms with E-state index in [-0.39, 0.29) is 19.1 Å². The highest BCUT2D eigenvalue weighted by atomic mass is 16.7. The Bertz CT molecular complexity index is 1340. The molecule has 6 nitrogen and oxygen atoms in total. The van der Waals surface area contributed by atoms with Crippen LogP contribution in [0.2, 0.25) is 0 Å². The molecule has 0 atom stereocenters. The number of aryl methyl sites for hydroxylation is 1. The van der Waals surface area contributed by atoms with Gasteiger partial charge in [0.25, 0.3) is 5.56 Å². The summed E-state index contributed by atoms with van der Waals surface area (Å²) < 4.78 is 23.9. The van der Waals surface area contributed by atoms with E-state index < -0.39 is 0 Å². The number of fused-ring (bicyclic) bond motifs is 7. The maximum absolute atomic E-state index is 13.3. The second kappa shape index (κ2) is 5.07. The highest BCUT2D eigenvalue weighted by molar-refractivity contribution is 6.16. The lowest BCUT2D eigenvalue weighted by atomic mass is 10.00. The normalized spacial score (nSPS) is 14.6. The van der Waals surface area contributed by atoms with Gasteiger partial charge in [-0.15, -0.1) is 0 Å². The Balaban J connectivity index is 1.84. The van der Waals surface area contributed by atoms with Crippen LogP contribution >= 0.6 is 0 Å². The van der Waals surface area contributed by atoms with Crippen LogP contribution in [-0.2, 0) is 6.54 Å². The Morgan fingerprint density at radius 2 is 1.37 bits per heavy atom. The summed E-state index contributed by atoms with van der Waals surface area (Å²) in [7, 11) is 0. The third-order valence-electron chi connectivity index (χ3n) is 5.35. The number of nitrogens with zero attached hydrogens (tertiary/aromatic N) is 1. The van der Waals surface area contributed by atoms with Crippen molar-refractivity contribution in [2.45, 2.75) is 13.5 Å². The molecular weight excluding hydrogens is 346 g/mol. The van der Waals surface area contributed by atoms with Gasteiger partial charge in [0.05, 0.1) is 10.9 Å². The summed E-state index contributed by atoms with van der Waals surface area (Å²) in [4.78, 5) is 13.3. The average molecular weight is 361 g/mol. The minimum atomic E-state index is -0.0385. The fourth-order valence-corrected chi connectivity index (χ4v) is 4.10.